The van der Waals surface area contributed by atoms with E-state index in [0.717, 1.165) is 45.0 Å². The van der Waals surface area contributed by atoms with E-state index < -0.39 is 6.10 Å². The summed E-state index contributed by atoms with van der Waals surface area (Å²) < 4.78 is 5.86. The second kappa shape index (κ2) is 10.1. The van der Waals surface area contributed by atoms with Crippen LogP contribution in [-0.2, 0) is 6.54 Å². The van der Waals surface area contributed by atoms with E-state index in [1.54, 1.807) is 4.90 Å². The molecule has 2 aromatic carbocycles. The fourth-order valence-electron chi connectivity index (χ4n) is 4.19. The Hall–Kier alpha value is -1.88. The molecule has 28 heavy (non-hydrogen) atoms. The van der Waals surface area contributed by atoms with Crippen molar-refractivity contribution in [3.05, 3.63) is 65.2 Å². The van der Waals surface area contributed by atoms with Crippen LogP contribution in [0.5, 0.6) is 5.75 Å². The number of piperazine rings is 1. The molecule has 0 unspecified atom stereocenters. The van der Waals surface area contributed by atoms with Crippen molar-refractivity contribution in [3.63, 3.8) is 0 Å². The standard InChI is InChI=1S/C24H34N2O2/c1-19(2)24-10-9-23(15-20(24)3)28-18-22(27)17-26-13-11-25(12-14-26)16-21-7-5-4-6-8-21/h4-10,15,19,22,27H,11-14,16-18H2,1-3H3/p+2/t22-/m0/s1. The van der Waals surface area contributed by atoms with Crippen molar-refractivity contribution in [3.8, 4) is 5.75 Å². The number of hydrogen-bond donors (Lipinski definition) is 3. The maximum absolute atomic E-state index is 10.4. The summed E-state index contributed by atoms with van der Waals surface area (Å²) in [7, 11) is 0. The molecule has 1 aliphatic heterocycles. The molecule has 1 aliphatic rings. The highest BCUT2D eigenvalue weighted by molar-refractivity contribution is 5.36. The molecule has 1 fully saturated rings. The molecule has 1 atom stereocenters. The van der Waals surface area contributed by atoms with E-state index >= 15 is 0 Å². The van der Waals surface area contributed by atoms with Crippen molar-refractivity contribution in [1.29, 1.82) is 0 Å². The molecule has 1 heterocycles. The minimum absolute atomic E-state index is 0.366. The highest BCUT2D eigenvalue weighted by Crippen LogP contribution is 2.23. The van der Waals surface area contributed by atoms with Crippen LogP contribution in [0.3, 0.4) is 0 Å². The molecular formula is C24H36N2O2+2. The summed E-state index contributed by atoms with van der Waals surface area (Å²) in [6.45, 7) is 13.3. The fourth-order valence-corrected chi connectivity index (χ4v) is 4.19. The Morgan fingerprint density at radius 2 is 1.64 bits per heavy atom. The summed E-state index contributed by atoms with van der Waals surface area (Å²) in [6.07, 6.45) is -0.421. The van der Waals surface area contributed by atoms with Crippen LogP contribution >= 0.6 is 0 Å². The van der Waals surface area contributed by atoms with Gasteiger partial charge in [-0.15, -0.1) is 0 Å². The van der Waals surface area contributed by atoms with Gasteiger partial charge in [0.25, 0.3) is 0 Å². The first-order valence-electron chi connectivity index (χ1n) is 10.6. The Bertz CT molecular complexity index is 725. The van der Waals surface area contributed by atoms with Crippen LogP contribution in [0.15, 0.2) is 48.5 Å². The summed E-state index contributed by atoms with van der Waals surface area (Å²) in [5, 5.41) is 10.4. The van der Waals surface area contributed by atoms with Crippen molar-refractivity contribution >= 4 is 0 Å². The van der Waals surface area contributed by atoms with E-state index in [-0.39, 0.29) is 0 Å². The third-order valence-corrected chi connectivity index (χ3v) is 5.79. The van der Waals surface area contributed by atoms with Gasteiger partial charge in [0.1, 0.15) is 57.7 Å². The number of ether oxygens (including phenoxy) is 1. The van der Waals surface area contributed by atoms with Gasteiger partial charge in [-0.2, -0.15) is 0 Å². The molecule has 4 nitrogen and oxygen atoms in total. The monoisotopic (exact) mass is 384 g/mol. The van der Waals surface area contributed by atoms with Crippen molar-refractivity contribution in [1.82, 2.24) is 0 Å². The van der Waals surface area contributed by atoms with Crippen LogP contribution in [0.25, 0.3) is 0 Å². The first kappa shape index (κ1) is 20.8. The molecule has 0 spiro atoms. The lowest BCUT2D eigenvalue weighted by Crippen LogP contribution is -3.28. The Labute approximate surface area is 169 Å². The minimum Gasteiger partial charge on any atom is -0.491 e. The van der Waals surface area contributed by atoms with Gasteiger partial charge in [-0.05, 0) is 36.1 Å². The van der Waals surface area contributed by atoms with Gasteiger partial charge in [0, 0.05) is 5.56 Å². The SMILES string of the molecule is Cc1cc(OC[C@@H](O)C[NH+]2CC[NH+](Cc3ccccc3)CC2)ccc1C(C)C. The Balaban J connectivity index is 1.39. The van der Waals surface area contributed by atoms with Crippen molar-refractivity contribution in [2.45, 2.75) is 39.3 Å². The predicted molar refractivity (Wildman–Crippen MR) is 113 cm³/mol. The van der Waals surface area contributed by atoms with Gasteiger partial charge < -0.3 is 19.6 Å². The zero-order chi connectivity index (χ0) is 19.9. The minimum atomic E-state index is -0.421. The largest absolute Gasteiger partial charge is 0.491 e. The summed E-state index contributed by atoms with van der Waals surface area (Å²) in [5.41, 5.74) is 4.02. The van der Waals surface area contributed by atoms with E-state index in [9.17, 15) is 5.11 Å². The normalized spacial score (nSPS) is 20.9. The molecule has 0 radical (unpaired) electrons. The van der Waals surface area contributed by atoms with Gasteiger partial charge in [-0.1, -0.05) is 50.2 Å². The van der Waals surface area contributed by atoms with E-state index in [4.69, 9.17) is 4.74 Å². The number of rotatable bonds is 8. The molecule has 0 amide bonds. The molecule has 0 aromatic heterocycles. The highest BCUT2D eigenvalue weighted by atomic mass is 16.5. The molecule has 1 saturated heterocycles. The predicted octanol–water partition coefficient (Wildman–Crippen LogP) is 0.842. The number of hydrogen-bond acceptors (Lipinski definition) is 2. The quantitative estimate of drug-likeness (QED) is 0.631. The zero-order valence-electron chi connectivity index (χ0n) is 17.6. The maximum Gasteiger partial charge on any atom is 0.137 e. The van der Waals surface area contributed by atoms with Crippen LogP contribution < -0.4 is 14.5 Å². The summed E-state index contributed by atoms with van der Waals surface area (Å²) in [4.78, 5) is 3.13. The van der Waals surface area contributed by atoms with Crippen LogP contribution in [0, 0.1) is 6.92 Å². The average molecular weight is 385 g/mol. The summed E-state index contributed by atoms with van der Waals surface area (Å²) in [6, 6.07) is 17.0. The van der Waals surface area contributed by atoms with Crippen molar-refractivity contribution in [2.75, 3.05) is 39.3 Å². The second-order valence-electron chi connectivity index (χ2n) is 8.50. The number of benzene rings is 2. The van der Waals surface area contributed by atoms with Gasteiger partial charge in [0.05, 0.1) is 0 Å². The molecule has 0 aliphatic carbocycles. The third kappa shape index (κ3) is 6.06. The third-order valence-electron chi connectivity index (χ3n) is 5.79. The molecular weight excluding hydrogens is 348 g/mol. The van der Waals surface area contributed by atoms with Gasteiger partial charge in [0.2, 0.25) is 0 Å². The van der Waals surface area contributed by atoms with E-state index in [1.807, 2.05) is 6.07 Å². The molecule has 0 saturated carbocycles. The smallest absolute Gasteiger partial charge is 0.137 e. The lowest BCUT2D eigenvalue weighted by molar-refractivity contribution is -1.02. The van der Waals surface area contributed by atoms with Crippen LogP contribution in [0.2, 0.25) is 0 Å². The number of aliphatic hydroxyl groups excluding tert-OH is 1. The molecule has 3 N–H and O–H groups in total. The number of aryl methyl sites for hydroxylation is 1. The average Bonchev–Trinajstić information content (AvgIpc) is 2.68. The lowest BCUT2D eigenvalue weighted by atomic mass is 9.98. The summed E-state index contributed by atoms with van der Waals surface area (Å²) in [5.74, 6) is 1.37. The lowest BCUT2D eigenvalue weighted by Gasteiger charge is -2.30. The Morgan fingerprint density at radius 1 is 0.964 bits per heavy atom. The zero-order valence-corrected chi connectivity index (χ0v) is 17.6. The Morgan fingerprint density at radius 3 is 2.29 bits per heavy atom. The van der Waals surface area contributed by atoms with Crippen LogP contribution in [-0.4, -0.2) is 50.5 Å². The van der Waals surface area contributed by atoms with Crippen molar-refractivity contribution < 1.29 is 19.6 Å². The number of nitrogens with one attached hydrogen (secondary N) is 2. The van der Waals surface area contributed by atoms with Gasteiger partial charge in [0.15, 0.2) is 0 Å². The molecule has 152 valence electrons. The van der Waals surface area contributed by atoms with Gasteiger partial charge >= 0.3 is 0 Å². The van der Waals surface area contributed by atoms with E-state index in [1.165, 1.54) is 21.6 Å². The maximum atomic E-state index is 10.4. The first-order chi connectivity index (χ1) is 13.5. The highest BCUT2D eigenvalue weighted by Gasteiger charge is 2.25. The second-order valence-corrected chi connectivity index (χ2v) is 8.50. The topological polar surface area (TPSA) is 38.3 Å². The molecule has 2 aromatic rings. The number of quaternary nitrogens is 2. The van der Waals surface area contributed by atoms with Crippen LogP contribution in [0.1, 0.15) is 36.5 Å². The van der Waals surface area contributed by atoms with E-state index in [2.05, 4.69) is 63.2 Å². The first-order valence-corrected chi connectivity index (χ1v) is 10.6. The fraction of sp³-hybridized carbons (Fsp3) is 0.500. The molecule has 0 bridgehead atoms. The molecule has 4 heteroatoms. The summed E-state index contributed by atoms with van der Waals surface area (Å²) >= 11 is 0. The number of aliphatic hydroxyl groups is 1. The van der Waals surface area contributed by atoms with E-state index in [0.29, 0.717) is 12.5 Å². The Kier molecular flexibility index (Phi) is 7.49. The van der Waals surface area contributed by atoms with Gasteiger partial charge in [-0.25, -0.2) is 0 Å². The van der Waals surface area contributed by atoms with Crippen molar-refractivity contribution in [2.24, 2.45) is 0 Å². The molecule has 3 rings (SSSR count). The van der Waals surface area contributed by atoms with Gasteiger partial charge in [-0.3, -0.25) is 0 Å². The van der Waals surface area contributed by atoms with Crippen LogP contribution in [0.4, 0.5) is 0 Å².